The van der Waals surface area contributed by atoms with Gasteiger partial charge in [0.1, 0.15) is 35.7 Å². The first-order valence-corrected chi connectivity index (χ1v) is 8.90. The van der Waals surface area contributed by atoms with Gasteiger partial charge in [-0.25, -0.2) is 18.7 Å². The SMILES string of the molecule is Cc1ccc2nc(C)c(-c3ccc(C#N)nc3)n2c1OCc1c(F)cccc1F. The van der Waals surface area contributed by atoms with E-state index in [1.165, 1.54) is 18.2 Å². The highest BCUT2D eigenvalue weighted by Gasteiger charge is 2.18. The average Bonchev–Trinajstić information content (AvgIpc) is 3.05. The molecule has 0 unspecified atom stereocenters. The maximum Gasteiger partial charge on any atom is 0.203 e. The van der Waals surface area contributed by atoms with Gasteiger partial charge in [0.25, 0.3) is 0 Å². The van der Waals surface area contributed by atoms with Crippen molar-refractivity contribution < 1.29 is 13.5 Å². The van der Waals surface area contributed by atoms with Crippen molar-refractivity contribution in [3.05, 3.63) is 82.8 Å². The van der Waals surface area contributed by atoms with E-state index in [0.717, 1.165) is 22.5 Å². The van der Waals surface area contributed by atoms with Crippen LogP contribution in [0, 0.1) is 36.8 Å². The summed E-state index contributed by atoms with van der Waals surface area (Å²) in [5.74, 6) is -0.883. The Labute approximate surface area is 165 Å². The minimum atomic E-state index is -0.659. The second-order valence-electron chi connectivity index (χ2n) is 6.59. The Balaban J connectivity index is 1.83. The molecule has 29 heavy (non-hydrogen) atoms. The quantitative estimate of drug-likeness (QED) is 0.505. The first-order valence-electron chi connectivity index (χ1n) is 8.90. The van der Waals surface area contributed by atoms with Crippen LogP contribution in [0.3, 0.4) is 0 Å². The number of benzene rings is 1. The summed E-state index contributed by atoms with van der Waals surface area (Å²) >= 11 is 0. The molecule has 0 N–H and O–H groups in total. The number of imidazole rings is 1. The molecule has 0 amide bonds. The number of aryl methyl sites for hydroxylation is 2. The number of ether oxygens (including phenoxy) is 1. The van der Waals surface area contributed by atoms with E-state index in [-0.39, 0.29) is 12.2 Å². The molecule has 0 aliphatic heterocycles. The number of pyridine rings is 2. The number of rotatable bonds is 4. The monoisotopic (exact) mass is 390 g/mol. The van der Waals surface area contributed by atoms with Crippen LogP contribution in [0.2, 0.25) is 0 Å². The zero-order chi connectivity index (χ0) is 20.5. The molecule has 0 radical (unpaired) electrons. The summed E-state index contributed by atoms with van der Waals surface area (Å²) in [6.07, 6.45) is 1.59. The van der Waals surface area contributed by atoms with Gasteiger partial charge in [0.15, 0.2) is 0 Å². The molecule has 0 fully saturated rings. The van der Waals surface area contributed by atoms with Crippen molar-refractivity contribution in [2.75, 3.05) is 0 Å². The molecule has 0 atom stereocenters. The zero-order valence-corrected chi connectivity index (χ0v) is 15.8. The highest BCUT2D eigenvalue weighted by Crippen LogP contribution is 2.31. The van der Waals surface area contributed by atoms with Gasteiger partial charge in [-0.3, -0.25) is 4.40 Å². The summed E-state index contributed by atoms with van der Waals surface area (Å²) in [5.41, 5.74) is 3.83. The third-order valence-corrected chi connectivity index (χ3v) is 4.67. The molecule has 4 aromatic rings. The molecular weight excluding hydrogens is 374 g/mol. The summed E-state index contributed by atoms with van der Waals surface area (Å²) in [4.78, 5) is 8.69. The fourth-order valence-electron chi connectivity index (χ4n) is 3.24. The van der Waals surface area contributed by atoms with Crippen LogP contribution in [0.15, 0.2) is 48.7 Å². The molecule has 3 heterocycles. The number of nitriles is 1. The molecule has 3 aromatic heterocycles. The van der Waals surface area contributed by atoms with E-state index in [1.54, 1.807) is 22.7 Å². The molecule has 7 heteroatoms. The van der Waals surface area contributed by atoms with E-state index in [4.69, 9.17) is 10.00 Å². The van der Waals surface area contributed by atoms with Crippen molar-refractivity contribution in [1.82, 2.24) is 14.4 Å². The normalized spacial score (nSPS) is 10.9. The molecule has 1 aromatic carbocycles. The predicted octanol–water partition coefficient (Wildman–Crippen LogP) is 4.74. The van der Waals surface area contributed by atoms with Crippen LogP contribution < -0.4 is 4.74 Å². The summed E-state index contributed by atoms with van der Waals surface area (Å²) in [5, 5.41) is 8.98. The second-order valence-corrected chi connectivity index (χ2v) is 6.59. The maximum atomic E-state index is 14.0. The average molecular weight is 390 g/mol. The molecule has 0 aliphatic rings. The predicted molar refractivity (Wildman–Crippen MR) is 103 cm³/mol. The van der Waals surface area contributed by atoms with E-state index in [9.17, 15) is 8.78 Å². The van der Waals surface area contributed by atoms with E-state index < -0.39 is 11.6 Å². The standard InChI is InChI=1S/C22H16F2N4O/c1-13-6-9-20-27-14(2)21(15-7-8-16(10-25)26-11-15)28(20)22(13)29-12-17-18(23)4-3-5-19(17)24/h3-9,11H,12H2,1-2H3. The lowest BCUT2D eigenvalue weighted by Crippen LogP contribution is -2.06. The van der Waals surface area contributed by atoms with Crippen LogP contribution >= 0.6 is 0 Å². The van der Waals surface area contributed by atoms with Crippen LogP contribution in [-0.2, 0) is 6.61 Å². The lowest BCUT2D eigenvalue weighted by molar-refractivity contribution is 0.276. The van der Waals surface area contributed by atoms with E-state index in [2.05, 4.69) is 9.97 Å². The molecule has 144 valence electrons. The van der Waals surface area contributed by atoms with E-state index >= 15 is 0 Å². The van der Waals surface area contributed by atoms with Crippen molar-refractivity contribution in [2.24, 2.45) is 0 Å². The molecule has 0 bridgehead atoms. The maximum absolute atomic E-state index is 14.0. The number of fused-ring (bicyclic) bond motifs is 1. The molecule has 0 spiro atoms. The van der Waals surface area contributed by atoms with Crippen LogP contribution in [0.1, 0.15) is 22.5 Å². The third kappa shape index (κ3) is 3.29. The first-order chi connectivity index (χ1) is 14.0. The Bertz CT molecular complexity index is 1240. The summed E-state index contributed by atoms with van der Waals surface area (Å²) in [7, 11) is 0. The van der Waals surface area contributed by atoms with Gasteiger partial charge in [0, 0.05) is 17.3 Å². The number of nitrogens with zero attached hydrogens (tertiary/aromatic N) is 4. The Morgan fingerprint density at radius 3 is 2.48 bits per heavy atom. The Morgan fingerprint density at radius 2 is 1.83 bits per heavy atom. The summed E-state index contributed by atoms with van der Waals surface area (Å²) in [6.45, 7) is 3.44. The molecule has 0 aliphatic carbocycles. The van der Waals surface area contributed by atoms with Gasteiger partial charge in [0.2, 0.25) is 5.88 Å². The zero-order valence-electron chi connectivity index (χ0n) is 15.8. The van der Waals surface area contributed by atoms with Crippen LogP contribution in [0.25, 0.3) is 16.9 Å². The molecule has 0 saturated carbocycles. The lowest BCUT2D eigenvalue weighted by atomic mass is 10.1. The highest BCUT2D eigenvalue weighted by molar-refractivity contribution is 5.68. The smallest absolute Gasteiger partial charge is 0.203 e. The third-order valence-electron chi connectivity index (χ3n) is 4.67. The van der Waals surface area contributed by atoms with Crippen LogP contribution in [0.4, 0.5) is 8.78 Å². The fourth-order valence-corrected chi connectivity index (χ4v) is 3.24. The Kier molecular flexibility index (Phi) is 4.69. The van der Waals surface area contributed by atoms with E-state index in [1.807, 2.05) is 32.0 Å². The summed E-state index contributed by atoms with van der Waals surface area (Å²) in [6, 6.07) is 12.8. The van der Waals surface area contributed by atoms with Gasteiger partial charge in [-0.05, 0) is 44.2 Å². The Morgan fingerprint density at radius 1 is 1.07 bits per heavy atom. The van der Waals surface area contributed by atoms with Crippen molar-refractivity contribution >= 4 is 5.65 Å². The minimum absolute atomic E-state index is 0.137. The van der Waals surface area contributed by atoms with E-state index in [0.29, 0.717) is 17.2 Å². The van der Waals surface area contributed by atoms with Crippen molar-refractivity contribution in [3.63, 3.8) is 0 Å². The van der Waals surface area contributed by atoms with Crippen LogP contribution in [0.5, 0.6) is 5.88 Å². The van der Waals surface area contributed by atoms with Crippen molar-refractivity contribution in [1.29, 1.82) is 5.26 Å². The summed E-state index contributed by atoms with van der Waals surface area (Å²) < 4.78 is 35.7. The van der Waals surface area contributed by atoms with Gasteiger partial charge < -0.3 is 4.74 Å². The van der Waals surface area contributed by atoms with Gasteiger partial charge in [0.05, 0.1) is 17.0 Å². The number of hydrogen-bond donors (Lipinski definition) is 0. The highest BCUT2D eigenvalue weighted by atomic mass is 19.1. The molecule has 4 rings (SSSR count). The second kappa shape index (κ2) is 7.32. The number of halogens is 2. The molecular formula is C22H16F2N4O. The fraction of sp³-hybridized carbons (Fsp3) is 0.136. The number of aromatic nitrogens is 3. The molecule has 0 saturated heterocycles. The number of hydrogen-bond acceptors (Lipinski definition) is 4. The van der Waals surface area contributed by atoms with Crippen molar-refractivity contribution in [3.8, 4) is 23.2 Å². The topological polar surface area (TPSA) is 63.2 Å². The van der Waals surface area contributed by atoms with Gasteiger partial charge >= 0.3 is 0 Å². The Hall–Kier alpha value is -3.79. The van der Waals surface area contributed by atoms with Gasteiger partial charge in [-0.2, -0.15) is 5.26 Å². The van der Waals surface area contributed by atoms with Crippen LogP contribution in [-0.4, -0.2) is 14.4 Å². The van der Waals surface area contributed by atoms with Crippen molar-refractivity contribution in [2.45, 2.75) is 20.5 Å². The minimum Gasteiger partial charge on any atom is -0.473 e. The lowest BCUT2D eigenvalue weighted by Gasteiger charge is -2.14. The van der Waals surface area contributed by atoms with Gasteiger partial charge in [-0.1, -0.05) is 12.1 Å². The van der Waals surface area contributed by atoms with Gasteiger partial charge in [-0.15, -0.1) is 0 Å². The first kappa shape index (κ1) is 18.6. The molecule has 5 nitrogen and oxygen atoms in total. The largest absolute Gasteiger partial charge is 0.473 e.